The number of benzene rings is 2. The summed E-state index contributed by atoms with van der Waals surface area (Å²) in [6.07, 6.45) is 6.04. The zero-order valence-corrected chi connectivity index (χ0v) is 23.6. The van der Waals surface area contributed by atoms with E-state index in [2.05, 4.69) is 11.0 Å². The van der Waals surface area contributed by atoms with Gasteiger partial charge in [0.15, 0.2) is 9.84 Å². The summed E-state index contributed by atoms with van der Waals surface area (Å²) in [7, 11) is -2.98. The van der Waals surface area contributed by atoms with Crippen LogP contribution in [0.15, 0.2) is 52.9 Å². The minimum atomic E-state index is -2.98. The molecule has 4 fully saturated rings. The van der Waals surface area contributed by atoms with Gasteiger partial charge in [0.2, 0.25) is 5.89 Å². The van der Waals surface area contributed by atoms with E-state index in [1.165, 1.54) is 12.1 Å². The highest BCUT2D eigenvalue weighted by molar-refractivity contribution is 7.92. The summed E-state index contributed by atoms with van der Waals surface area (Å²) in [6.45, 7) is 0.520. The number of nitriles is 1. The third-order valence-corrected chi connectivity index (χ3v) is 11.9. The van der Waals surface area contributed by atoms with E-state index in [-0.39, 0.29) is 40.5 Å². The summed E-state index contributed by atoms with van der Waals surface area (Å²) in [6, 6.07) is 16.4. The first-order chi connectivity index (χ1) is 19.7. The average Bonchev–Trinajstić information content (AvgIpc) is 3.28. The fourth-order valence-corrected chi connectivity index (χ4v) is 9.13. The van der Waals surface area contributed by atoms with Crippen molar-refractivity contribution >= 4 is 21.3 Å². The van der Waals surface area contributed by atoms with Gasteiger partial charge >= 0.3 is 0 Å². The van der Waals surface area contributed by atoms with E-state index in [0.717, 1.165) is 49.8 Å². The van der Waals surface area contributed by atoms with Crippen molar-refractivity contribution < 1.29 is 22.0 Å². The molecule has 4 atom stereocenters. The number of Topliss-reactive ketones (excluding diaryl/α,β-unsaturated/α-hetero) is 1. The molecule has 0 amide bonds. The van der Waals surface area contributed by atoms with Crippen molar-refractivity contribution in [2.24, 2.45) is 11.3 Å². The molecule has 2 aromatic carbocycles. The van der Waals surface area contributed by atoms with E-state index in [1.807, 2.05) is 24.3 Å². The van der Waals surface area contributed by atoms with Gasteiger partial charge in [0.25, 0.3) is 0 Å². The first-order valence-corrected chi connectivity index (χ1v) is 16.3. The monoisotopic (exact) mass is 573 g/mol. The van der Waals surface area contributed by atoms with Crippen molar-refractivity contribution in [1.29, 1.82) is 5.26 Å². The first kappa shape index (κ1) is 26.4. The van der Waals surface area contributed by atoms with Crippen LogP contribution in [0, 0.1) is 28.5 Å². The van der Waals surface area contributed by atoms with Crippen LogP contribution < -0.4 is 4.90 Å². The zero-order valence-electron chi connectivity index (χ0n) is 22.8. The number of anilines is 1. The van der Waals surface area contributed by atoms with Crippen LogP contribution in [-0.2, 0) is 14.6 Å². The SMILES string of the molecule is N#CC1(CC(=O)[C@@H]2CCCC[C@H]2c2oc(-c3ccc(F)cc3)nc2-c2ccc(N3CC4CC3CS4(=O)=O)cc2)CC1. The zero-order chi connectivity index (χ0) is 28.4. The van der Waals surface area contributed by atoms with Crippen LogP contribution in [-0.4, -0.2) is 42.8 Å². The van der Waals surface area contributed by atoms with Gasteiger partial charge in [-0.15, -0.1) is 0 Å². The van der Waals surface area contributed by atoms with Gasteiger partial charge < -0.3 is 9.32 Å². The average molecular weight is 574 g/mol. The van der Waals surface area contributed by atoms with Gasteiger partial charge in [-0.3, -0.25) is 4.79 Å². The lowest BCUT2D eigenvalue weighted by Gasteiger charge is -2.30. The fourth-order valence-electron chi connectivity index (χ4n) is 7.10. The molecule has 3 aromatic rings. The highest BCUT2D eigenvalue weighted by atomic mass is 32.2. The molecule has 4 aliphatic rings. The number of hydrogen-bond acceptors (Lipinski definition) is 7. The van der Waals surface area contributed by atoms with Gasteiger partial charge in [-0.2, -0.15) is 5.26 Å². The molecule has 41 heavy (non-hydrogen) atoms. The van der Waals surface area contributed by atoms with Crippen molar-refractivity contribution in [3.8, 4) is 28.8 Å². The smallest absolute Gasteiger partial charge is 0.226 e. The molecule has 2 saturated heterocycles. The molecule has 9 heteroatoms. The molecule has 2 aliphatic heterocycles. The second-order valence-electron chi connectivity index (χ2n) is 12.3. The van der Waals surface area contributed by atoms with Gasteiger partial charge in [-0.1, -0.05) is 25.0 Å². The number of sulfone groups is 1. The molecule has 2 aliphatic carbocycles. The third kappa shape index (κ3) is 4.76. The molecule has 0 radical (unpaired) electrons. The number of nitrogens with zero attached hydrogens (tertiary/aromatic N) is 3. The van der Waals surface area contributed by atoms with Gasteiger partial charge in [0.1, 0.15) is 23.1 Å². The largest absolute Gasteiger partial charge is 0.440 e. The summed E-state index contributed by atoms with van der Waals surface area (Å²) in [5, 5.41) is 9.31. The number of aromatic nitrogens is 1. The predicted molar refractivity (Wildman–Crippen MR) is 152 cm³/mol. The Balaban J connectivity index is 1.23. The Labute approximate surface area is 239 Å². The fraction of sp³-hybridized carbons (Fsp3) is 0.469. The maximum atomic E-state index is 13.7. The number of carbonyl (C=O) groups is 1. The van der Waals surface area contributed by atoms with E-state index in [0.29, 0.717) is 42.3 Å². The summed E-state index contributed by atoms with van der Waals surface area (Å²) >= 11 is 0. The molecule has 0 spiro atoms. The molecule has 7 rings (SSSR count). The Morgan fingerprint density at radius 3 is 2.41 bits per heavy atom. The van der Waals surface area contributed by atoms with Crippen LogP contribution >= 0.6 is 0 Å². The Morgan fingerprint density at radius 1 is 1.07 bits per heavy atom. The number of fused-ring (bicyclic) bond motifs is 2. The number of carbonyl (C=O) groups excluding carboxylic acids is 1. The van der Waals surface area contributed by atoms with Crippen LogP contribution in [0.4, 0.5) is 10.1 Å². The van der Waals surface area contributed by atoms with Crippen LogP contribution in [0.25, 0.3) is 22.7 Å². The lowest BCUT2D eigenvalue weighted by molar-refractivity contribution is -0.125. The van der Waals surface area contributed by atoms with Crippen LogP contribution in [0.1, 0.15) is 63.0 Å². The van der Waals surface area contributed by atoms with E-state index >= 15 is 0 Å². The van der Waals surface area contributed by atoms with Crippen LogP contribution in [0.2, 0.25) is 0 Å². The number of halogens is 1. The van der Waals surface area contributed by atoms with Gasteiger partial charge in [0, 0.05) is 47.7 Å². The summed E-state index contributed by atoms with van der Waals surface area (Å²) < 4.78 is 44.6. The number of ketones is 1. The van der Waals surface area contributed by atoms with Crippen molar-refractivity contribution in [3.63, 3.8) is 0 Å². The molecule has 2 unspecified atom stereocenters. The quantitative estimate of drug-likeness (QED) is 0.338. The van der Waals surface area contributed by atoms with Crippen molar-refractivity contribution in [2.45, 2.75) is 68.6 Å². The Morgan fingerprint density at radius 2 is 1.78 bits per heavy atom. The molecule has 3 heterocycles. The summed E-state index contributed by atoms with van der Waals surface area (Å²) in [4.78, 5) is 20.6. The van der Waals surface area contributed by atoms with E-state index in [9.17, 15) is 22.9 Å². The maximum Gasteiger partial charge on any atom is 0.226 e. The normalized spacial score (nSPS) is 27.5. The number of rotatable bonds is 7. The first-order valence-electron chi connectivity index (χ1n) is 14.5. The molecule has 2 bridgehead atoms. The molecule has 1 aromatic heterocycles. The Bertz CT molecular complexity index is 1640. The maximum absolute atomic E-state index is 13.7. The van der Waals surface area contributed by atoms with Crippen LogP contribution in [0.3, 0.4) is 0 Å². The number of hydrogen-bond donors (Lipinski definition) is 0. The minimum Gasteiger partial charge on any atom is -0.440 e. The van der Waals surface area contributed by atoms with Crippen molar-refractivity contribution in [2.75, 3.05) is 17.2 Å². The molecule has 2 saturated carbocycles. The predicted octanol–water partition coefficient (Wildman–Crippen LogP) is 6.06. The molecule has 7 nitrogen and oxygen atoms in total. The molecule has 0 N–H and O–H groups in total. The van der Waals surface area contributed by atoms with E-state index < -0.39 is 15.3 Å². The lowest BCUT2D eigenvalue weighted by Crippen LogP contribution is -2.40. The van der Waals surface area contributed by atoms with E-state index in [1.54, 1.807) is 12.1 Å². The minimum absolute atomic E-state index is 0.0146. The highest BCUT2D eigenvalue weighted by Crippen LogP contribution is 2.51. The van der Waals surface area contributed by atoms with Gasteiger partial charge in [-0.25, -0.2) is 17.8 Å². The van der Waals surface area contributed by atoms with E-state index in [4.69, 9.17) is 9.40 Å². The van der Waals surface area contributed by atoms with Crippen molar-refractivity contribution in [3.05, 3.63) is 60.1 Å². The Hall–Kier alpha value is -3.51. The second kappa shape index (κ2) is 9.80. The second-order valence-corrected chi connectivity index (χ2v) is 14.6. The summed E-state index contributed by atoms with van der Waals surface area (Å²) in [5.41, 5.74) is 2.67. The molecular formula is C32H32FN3O4S. The Kier molecular flexibility index (Phi) is 6.31. The topological polar surface area (TPSA) is 104 Å². The van der Waals surface area contributed by atoms with Gasteiger partial charge in [0.05, 0.1) is 22.5 Å². The standard InChI is InChI=1S/C32H32FN3O4S/c33-22-9-5-21(6-10-22)31-35-29(20-7-11-23(12-8-20)36-17-25-15-24(36)18-41(25,38)39)30(40-31)27-4-2-1-3-26(27)28(37)16-32(19-34)13-14-32/h5-12,24-27H,1-4,13-18H2/t24?,25?,26-,27-/m1/s1. The lowest BCUT2D eigenvalue weighted by atomic mass is 9.73. The molecular weight excluding hydrogens is 541 g/mol. The van der Waals surface area contributed by atoms with Crippen molar-refractivity contribution in [1.82, 2.24) is 4.98 Å². The highest BCUT2D eigenvalue weighted by Gasteiger charge is 2.49. The molecule has 212 valence electrons. The number of oxazole rings is 1. The summed E-state index contributed by atoms with van der Waals surface area (Å²) in [5.74, 6) is 0.665. The van der Waals surface area contributed by atoms with Crippen LogP contribution in [0.5, 0.6) is 0 Å². The van der Waals surface area contributed by atoms with Gasteiger partial charge in [-0.05, 0) is 68.5 Å². The third-order valence-electron chi connectivity index (χ3n) is 9.65.